The fourth-order valence-electron chi connectivity index (χ4n) is 1.19. The molecular weight excluding hydrogens is 212 g/mol. The fourth-order valence-corrected chi connectivity index (χ4v) is 1.19. The lowest BCUT2D eigenvalue weighted by molar-refractivity contribution is -0.113. The number of hydrogen-bond acceptors (Lipinski definition) is 2. The number of rotatable bonds is 6. The summed E-state index contributed by atoms with van der Waals surface area (Å²) in [6.07, 6.45) is 6.26. The highest BCUT2D eigenvalue weighted by atomic mass is 16.1. The molecule has 0 aromatic heterocycles. The van der Waals surface area contributed by atoms with Crippen molar-refractivity contribution in [1.82, 2.24) is 5.32 Å². The molecule has 0 amide bonds. The Morgan fingerprint density at radius 3 is 2.47 bits per heavy atom. The number of Topliss-reactive ketones (excluding diaryl/α,β-unsaturated/α-hetero) is 1. The number of amidine groups is 1. The molecule has 0 atom stereocenters. The van der Waals surface area contributed by atoms with Gasteiger partial charge in [-0.3, -0.25) is 9.79 Å². The molecule has 0 unspecified atom stereocenters. The van der Waals surface area contributed by atoms with Crippen molar-refractivity contribution >= 4 is 11.6 Å². The minimum Gasteiger partial charge on any atom is -0.345 e. The van der Waals surface area contributed by atoms with Gasteiger partial charge in [-0.25, -0.2) is 0 Å². The predicted molar refractivity (Wildman–Crippen MR) is 74.1 cm³/mol. The van der Waals surface area contributed by atoms with Crippen LogP contribution in [0.1, 0.15) is 34.1 Å². The van der Waals surface area contributed by atoms with E-state index in [1.54, 1.807) is 12.2 Å². The molecule has 3 heteroatoms. The third-order valence-electron chi connectivity index (χ3n) is 2.15. The average molecular weight is 234 g/mol. The summed E-state index contributed by atoms with van der Waals surface area (Å²) in [6.45, 7) is 11.9. The van der Waals surface area contributed by atoms with Crippen molar-refractivity contribution in [3.8, 4) is 0 Å². The van der Waals surface area contributed by atoms with Crippen LogP contribution in [0.25, 0.3) is 0 Å². The molecule has 0 rings (SSSR count). The van der Waals surface area contributed by atoms with Crippen molar-refractivity contribution in [2.75, 3.05) is 6.54 Å². The fraction of sp³-hybridized carbons (Fsp3) is 0.429. The highest BCUT2D eigenvalue weighted by molar-refractivity contribution is 5.96. The largest absolute Gasteiger partial charge is 0.345 e. The summed E-state index contributed by atoms with van der Waals surface area (Å²) in [5, 5.41) is 3.16. The first kappa shape index (κ1) is 15.4. The van der Waals surface area contributed by atoms with Crippen LogP contribution in [0.3, 0.4) is 0 Å². The third kappa shape index (κ3) is 6.51. The molecule has 1 N–H and O–H groups in total. The van der Waals surface area contributed by atoms with Gasteiger partial charge in [0, 0.05) is 17.8 Å². The third-order valence-corrected chi connectivity index (χ3v) is 2.15. The monoisotopic (exact) mass is 234 g/mol. The van der Waals surface area contributed by atoms with Crippen molar-refractivity contribution in [2.45, 2.75) is 34.1 Å². The minimum absolute atomic E-state index is 0.00398. The number of carbonyl (C=O) groups is 1. The molecule has 0 aliphatic heterocycles. The van der Waals surface area contributed by atoms with Gasteiger partial charge in [-0.15, -0.1) is 0 Å². The van der Waals surface area contributed by atoms with Crippen LogP contribution in [-0.4, -0.2) is 18.2 Å². The molecule has 17 heavy (non-hydrogen) atoms. The number of nitrogens with zero attached hydrogens (tertiary/aromatic N) is 1. The van der Waals surface area contributed by atoms with Gasteiger partial charge in [0.15, 0.2) is 5.78 Å². The Labute approximate surface area is 104 Å². The molecular formula is C14H22N2O. The van der Waals surface area contributed by atoms with E-state index in [-0.39, 0.29) is 5.78 Å². The lowest BCUT2D eigenvalue weighted by Gasteiger charge is -2.07. The molecule has 0 saturated carbocycles. The van der Waals surface area contributed by atoms with Gasteiger partial charge in [0.25, 0.3) is 0 Å². The van der Waals surface area contributed by atoms with Gasteiger partial charge in [0.2, 0.25) is 0 Å². The van der Waals surface area contributed by atoms with Gasteiger partial charge in [-0.1, -0.05) is 25.7 Å². The highest BCUT2D eigenvalue weighted by Crippen LogP contribution is 2.03. The quantitative estimate of drug-likeness (QED) is 0.332. The molecule has 0 aliphatic carbocycles. The molecule has 0 fully saturated rings. The summed E-state index contributed by atoms with van der Waals surface area (Å²) in [5.74, 6) is 0.854. The van der Waals surface area contributed by atoms with Crippen LogP contribution in [0.4, 0.5) is 0 Å². The van der Waals surface area contributed by atoms with Gasteiger partial charge in [-0.2, -0.15) is 0 Å². The molecule has 0 aromatic rings. The van der Waals surface area contributed by atoms with Gasteiger partial charge in [0.1, 0.15) is 0 Å². The topological polar surface area (TPSA) is 41.5 Å². The first-order valence-corrected chi connectivity index (χ1v) is 5.84. The molecule has 0 aliphatic rings. The number of allylic oxidation sites excluding steroid dienone is 4. The van der Waals surface area contributed by atoms with E-state index in [9.17, 15) is 4.79 Å². The summed E-state index contributed by atoms with van der Waals surface area (Å²) in [7, 11) is 0. The van der Waals surface area contributed by atoms with Crippen LogP contribution < -0.4 is 5.32 Å². The summed E-state index contributed by atoms with van der Waals surface area (Å²) < 4.78 is 0. The predicted octanol–water partition coefficient (Wildman–Crippen LogP) is 3.01. The normalized spacial score (nSPS) is 13.5. The van der Waals surface area contributed by atoms with Gasteiger partial charge in [0.05, 0.1) is 5.84 Å². The van der Waals surface area contributed by atoms with Crippen LogP contribution >= 0.6 is 0 Å². The molecule has 0 aromatic carbocycles. The molecule has 0 heterocycles. The van der Waals surface area contributed by atoms with Crippen LogP contribution in [0.2, 0.25) is 0 Å². The molecule has 94 valence electrons. The van der Waals surface area contributed by atoms with Crippen molar-refractivity contribution in [3.63, 3.8) is 0 Å². The lowest BCUT2D eigenvalue weighted by atomic mass is 10.1. The van der Waals surface area contributed by atoms with Crippen LogP contribution in [-0.2, 0) is 4.79 Å². The Bertz CT molecular complexity index is 362. The van der Waals surface area contributed by atoms with E-state index in [0.29, 0.717) is 5.57 Å². The standard InChI is InChI=1S/C14H22N2O/c1-6-9-15-12(5)16-14(8-3)10-13(7-2)11(4)17/h7-8,10H,2,6,9H2,1,3-5H3,(H,15,16)/b13-10+,14-8+. The van der Waals surface area contributed by atoms with Gasteiger partial charge in [-0.05, 0) is 33.3 Å². The van der Waals surface area contributed by atoms with Gasteiger partial charge < -0.3 is 5.32 Å². The SMILES string of the molecule is C=C/C(=C\C(=C/C)NC(C)=NCCC)C(C)=O. The van der Waals surface area contributed by atoms with Crippen LogP contribution in [0.15, 0.2) is 41.1 Å². The Kier molecular flexibility index (Phi) is 7.68. The van der Waals surface area contributed by atoms with E-state index in [0.717, 1.165) is 24.5 Å². The Morgan fingerprint density at radius 1 is 1.41 bits per heavy atom. The second-order valence-corrected chi connectivity index (χ2v) is 3.70. The zero-order valence-electron chi connectivity index (χ0n) is 11.2. The van der Waals surface area contributed by atoms with Crippen LogP contribution in [0, 0.1) is 0 Å². The maximum atomic E-state index is 11.3. The maximum Gasteiger partial charge on any atom is 0.159 e. The summed E-state index contributed by atoms with van der Waals surface area (Å²) in [5.41, 5.74) is 1.45. The van der Waals surface area contributed by atoms with E-state index in [2.05, 4.69) is 23.8 Å². The van der Waals surface area contributed by atoms with E-state index in [4.69, 9.17) is 0 Å². The van der Waals surface area contributed by atoms with E-state index in [1.807, 2.05) is 19.9 Å². The number of nitrogens with one attached hydrogen (secondary N) is 1. The second-order valence-electron chi connectivity index (χ2n) is 3.70. The first-order valence-electron chi connectivity index (χ1n) is 5.84. The van der Waals surface area contributed by atoms with Crippen molar-refractivity contribution in [3.05, 3.63) is 36.1 Å². The van der Waals surface area contributed by atoms with Gasteiger partial charge >= 0.3 is 0 Å². The molecule has 0 radical (unpaired) electrons. The van der Waals surface area contributed by atoms with E-state index < -0.39 is 0 Å². The van der Waals surface area contributed by atoms with E-state index >= 15 is 0 Å². The summed E-state index contributed by atoms with van der Waals surface area (Å²) >= 11 is 0. The minimum atomic E-state index is 0.00398. The lowest BCUT2D eigenvalue weighted by Crippen LogP contribution is -2.19. The van der Waals surface area contributed by atoms with Crippen molar-refractivity contribution in [2.24, 2.45) is 4.99 Å². The Morgan fingerprint density at radius 2 is 2.06 bits per heavy atom. The average Bonchev–Trinajstić information content (AvgIpc) is 2.31. The van der Waals surface area contributed by atoms with Crippen LogP contribution in [0.5, 0.6) is 0 Å². The molecule has 3 nitrogen and oxygen atoms in total. The van der Waals surface area contributed by atoms with Crippen molar-refractivity contribution < 1.29 is 4.79 Å². The second kappa shape index (κ2) is 8.50. The number of aliphatic imine (C=N–C) groups is 1. The number of carbonyl (C=O) groups excluding carboxylic acids is 1. The Hall–Kier alpha value is -1.64. The summed E-state index contributed by atoms with van der Waals surface area (Å²) in [4.78, 5) is 15.6. The molecule has 0 spiro atoms. The van der Waals surface area contributed by atoms with E-state index in [1.165, 1.54) is 6.92 Å². The smallest absolute Gasteiger partial charge is 0.159 e. The van der Waals surface area contributed by atoms with Crippen molar-refractivity contribution in [1.29, 1.82) is 0 Å². The number of hydrogen-bond donors (Lipinski definition) is 1. The zero-order chi connectivity index (χ0) is 13.3. The highest BCUT2D eigenvalue weighted by Gasteiger charge is 2.00. The Balaban J connectivity index is 4.77. The summed E-state index contributed by atoms with van der Waals surface area (Å²) in [6, 6.07) is 0. The first-order chi connectivity index (χ1) is 8.04. The zero-order valence-corrected chi connectivity index (χ0v) is 11.2. The molecule has 0 saturated heterocycles. The number of ketones is 1. The molecule has 0 bridgehead atoms. The maximum absolute atomic E-state index is 11.3.